The van der Waals surface area contributed by atoms with Crippen molar-refractivity contribution in [1.29, 1.82) is 0 Å². The van der Waals surface area contributed by atoms with Gasteiger partial charge in [0, 0.05) is 105 Å². The number of anilines is 4. The molecule has 0 radical (unpaired) electrons. The Bertz CT molecular complexity index is 4940. The molecule has 3 aliphatic heterocycles. The molecule has 0 spiro atoms. The van der Waals surface area contributed by atoms with E-state index in [1.54, 1.807) is 94.7 Å². The summed E-state index contributed by atoms with van der Waals surface area (Å²) >= 11 is 17.7. The van der Waals surface area contributed by atoms with Gasteiger partial charge in [0.05, 0.1) is 36.4 Å². The number of amides is 6. The van der Waals surface area contributed by atoms with Crippen molar-refractivity contribution in [3.05, 3.63) is 222 Å². The maximum Gasteiger partial charge on any atom is 0.534 e. The first-order valence-corrected chi connectivity index (χ1v) is 34.9. The van der Waals surface area contributed by atoms with E-state index >= 15 is 0 Å². The molecule has 6 heterocycles. The lowest BCUT2D eigenvalue weighted by Crippen LogP contribution is -2.49. The number of carbonyl (C=O) groups is 3. The number of aromatic amines is 4. The minimum absolute atomic E-state index is 0. The van der Waals surface area contributed by atoms with Crippen LogP contribution in [0.2, 0.25) is 15.1 Å². The Balaban J connectivity index is 0.000000212. The van der Waals surface area contributed by atoms with Gasteiger partial charge in [-0.05, 0) is 84.9 Å². The Morgan fingerprint density at radius 1 is 0.509 bits per heavy atom. The number of aromatic nitrogens is 6. The third-order valence-corrected chi connectivity index (χ3v) is 19.9. The van der Waals surface area contributed by atoms with Crippen LogP contribution in [0.15, 0.2) is 156 Å². The largest absolute Gasteiger partial charge is 0.534 e. The summed E-state index contributed by atoms with van der Waals surface area (Å²) in [6.45, 7) is 1.85. The van der Waals surface area contributed by atoms with Crippen molar-refractivity contribution in [3.8, 4) is 17.1 Å². The van der Waals surface area contributed by atoms with Crippen LogP contribution < -0.4 is 34.9 Å². The van der Waals surface area contributed by atoms with Gasteiger partial charge in [-0.1, -0.05) is 116 Å². The van der Waals surface area contributed by atoms with Crippen molar-refractivity contribution in [2.75, 3.05) is 39.3 Å². The van der Waals surface area contributed by atoms with Gasteiger partial charge in [-0.15, -0.1) is 8.81 Å². The Morgan fingerprint density at radius 3 is 1.34 bits per heavy atom. The van der Waals surface area contributed by atoms with Gasteiger partial charge >= 0.3 is 71.9 Å². The summed E-state index contributed by atoms with van der Waals surface area (Å²) in [5.74, 6) is -1.66. The highest BCUT2D eigenvalue weighted by molar-refractivity contribution is 8.11. The highest BCUT2D eigenvalue weighted by Gasteiger charge is 2.62. The predicted molar refractivity (Wildman–Crippen MR) is 372 cm³/mol. The maximum absolute atomic E-state index is 14.1. The average Bonchev–Trinajstić information content (AvgIpc) is 0.761. The maximum atomic E-state index is 14.1. The molecule has 26 nitrogen and oxygen atoms in total. The fourth-order valence-electron chi connectivity index (χ4n) is 9.63. The number of benzene rings is 6. The third kappa shape index (κ3) is 21.2. The van der Waals surface area contributed by atoms with Crippen LogP contribution in [0.25, 0.3) is 11.3 Å². The number of nitrogens with one attached hydrogen (secondary N) is 7. The third-order valence-electron chi connectivity index (χ3n) is 14.6. The zero-order chi connectivity index (χ0) is 76.3. The number of sulfonamides is 2. The van der Waals surface area contributed by atoms with Crippen LogP contribution in [0.3, 0.4) is 0 Å². The fraction of sp³-hybridized carbons (Fsp3) is 0.226. The topological polar surface area (TPSA) is 358 Å². The summed E-state index contributed by atoms with van der Waals surface area (Å²) in [6, 6.07) is 35.2. The molecule has 6 amide bonds. The molecule has 44 heteroatoms. The van der Waals surface area contributed by atoms with Crippen LogP contribution >= 0.6 is 34.8 Å². The van der Waals surface area contributed by atoms with Crippen LogP contribution in [0, 0.1) is 11.6 Å². The molecule has 9 aromatic rings. The normalized spacial score (nSPS) is 13.3. The quantitative estimate of drug-likeness (QED) is 0.0266. The Hall–Kier alpha value is -9.91. The van der Waals surface area contributed by atoms with Gasteiger partial charge in [-0.3, -0.25) is 20.1 Å². The molecular formula is C62H60BCl3F11N13O13S3. The smallest absolute Gasteiger partial charge is 0.423 e. The van der Waals surface area contributed by atoms with Crippen LogP contribution in [0.5, 0.6) is 5.88 Å². The molecular weight excluding hydrogens is 1560 g/mol. The van der Waals surface area contributed by atoms with E-state index in [4.69, 9.17) is 44.9 Å². The Labute approximate surface area is 611 Å². The van der Waals surface area contributed by atoms with E-state index in [-0.39, 0.29) is 68.8 Å². The first kappa shape index (κ1) is 85.0. The van der Waals surface area contributed by atoms with E-state index in [1.165, 1.54) is 41.3 Å². The van der Waals surface area contributed by atoms with E-state index in [9.17, 15) is 92.7 Å². The molecule has 0 bridgehead atoms. The minimum Gasteiger partial charge on any atom is -0.423 e. The van der Waals surface area contributed by atoms with Gasteiger partial charge in [0.2, 0.25) is 0 Å². The SMILES string of the molecule is C.C.O=C(Nc1cccc(Cl)c1)N1CCc2[nH][nH]c(=O)c2C1.O=C(Nc1cccc(Cl)c1)N1CCc2[nH]nc(-c3ccccc3F)c2C1.O=C(Nc1cccc(Cl)c1)N1CCc2[nH]nc(OS(=O)(=O)C(F)(F)F)c2C1.O=S(=O)(N(c1ccccc1)S(=O)(=O)C(F)(F)F)C(F)(F)F.OB(O)c1ccccc1F. The second-order valence-corrected chi connectivity index (χ2v) is 28.3. The Morgan fingerprint density at radius 2 is 0.915 bits per heavy atom. The molecule has 9 N–H and O–H groups in total. The van der Waals surface area contributed by atoms with Gasteiger partial charge in [0.15, 0.2) is 0 Å². The molecule has 570 valence electrons. The predicted octanol–water partition coefficient (Wildman–Crippen LogP) is 12.3. The molecule has 0 saturated heterocycles. The van der Waals surface area contributed by atoms with Crippen molar-refractivity contribution in [3.63, 3.8) is 0 Å². The van der Waals surface area contributed by atoms with Gasteiger partial charge < -0.3 is 50.0 Å². The average molecular weight is 1620 g/mol. The first-order chi connectivity index (χ1) is 48.8. The molecule has 0 saturated carbocycles. The Kier molecular flexibility index (Phi) is 28.4. The molecule has 3 aliphatic rings. The number of alkyl halides is 9. The number of nitrogens with zero attached hydrogens (tertiary/aromatic N) is 6. The van der Waals surface area contributed by atoms with Crippen molar-refractivity contribution in [2.45, 2.75) is 70.3 Å². The number of halogens is 14. The number of fused-ring (bicyclic) bond motifs is 3. The van der Waals surface area contributed by atoms with Crippen LogP contribution in [-0.4, -0.2) is 142 Å². The number of rotatable bonds is 10. The number of urea groups is 3. The lowest BCUT2D eigenvalue weighted by Gasteiger charge is -2.27. The molecule has 0 fully saturated rings. The van der Waals surface area contributed by atoms with Crippen molar-refractivity contribution >= 4 is 118 Å². The number of para-hydroxylation sites is 1. The molecule has 6 aromatic carbocycles. The number of hydrogen-bond acceptors (Lipinski definition) is 15. The summed E-state index contributed by atoms with van der Waals surface area (Å²) in [5.41, 5.74) is -13.2. The van der Waals surface area contributed by atoms with E-state index < -0.39 is 80.9 Å². The zero-order valence-electron chi connectivity index (χ0n) is 52.5. The fourth-order valence-corrected chi connectivity index (χ4v) is 13.4. The lowest BCUT2D eigenvalue weighted by atomic mass is 9.80. The van der Waals surface area contributed by atoms with E-state index in [0.717, 1.165) is 35.2 Å². The van der Waals surface area contributed by atoms with Crippen LogP contribution in [-0.2, 0) is 69.1 Å². The molecule has 106 heavy (non-hydrogen) atoms. The standard InChI is InChI=1S/C19H16ClFN4O.C14H12ClF3N4O4S.C13H13ClN4O2.C8H5F6NO4S2.C6H6BFO2.2CH4/c20-12-4-3-5-13(10-12)22-19(26)25-9-8-17-15(11-25)18(24-23-17)14-6-1-2-7-16(14)21;15-8-2-1-3-9(6-8)19-13(23)22-5-4-11-10(7-22)12(21-20-11)26-27(24,25)14(16,17)18;14-8-2-1-3-9(6-8)15-13(20)18-5-4-11-10(7-18)12(19)17-16-11;9-7(10,11)20(16,17)15(6-4-2-1-3-5-6)21(18,19)8(12,13)14;8-6-4-2-1-3-5(6)7(9)10;;/h1-7,10H,8-9,11H2,(H,22,26)(H,23,24);1-3,6H,4-5,7H2,(H,19,23)(H,20,21);1-3,6H,4-5,7H2,(H,15,20)(H2,16,17,19);1-5H;1-4,9-10H;2*1H4. The first-order valence-electron chi connectivity index (χ1n) is 29.5. The number of carbonyl (C=O) groups excluding carboxylic acids is 3. The second kappa shape index (κ2) is 35.5. The molecule has 0 aliphatic carbocycles. The molecule has 3 aromatic heterocycles. The zero-order valence-corrected chi connectivity index (χ0v) is 57.2. The van der Waals surface area contributed by atoms with Crippen LogP contribution in [0.1, 0.15) is 48.6 Å². The minimum atomic E-state index is -6.81. The summed E-state index contributed by atoms with van der Waals surface area (Å²) in [4.78, 5) is 53.3. The van der Waals surface area contributed by atoms with Crippen molar-refractivity contribution < 1.29 is 102 Å². The highest BCUT2D eigenvalue weighted by atomic mass is 35.5. The van der Waals surface area contributed by atoms with Gasteiger partial charge in [0.1, 0.15) is 17.3 Å². The van der Waals surface area contributed by atoms with E-state index in [1.807, 2.05) is 0 Å². The highest BCUT2D eigenvalue weighted by Crippen LogP contribution is 2.39. The summed E-state index contributed by atoms with van der Waals surface area (Å²) in [6.07, 6.45) is 1.51. The van der Waals surface area contributed by atoms with Crippen LogP contribution in [0.4, 0.5) is 85.4 Å². The summed E-state index contributed by atoms with van der Waals surface area (Å²) in [5, 5.41) is 45.3. The van der Waals surface area contributed by atoms with Crippen molar-refractivity contribution in [2.24, 2.45) is 0 Å². The van der Waals surface area contributed by atoms with Crippen molar-refractivity contribution in [1.82, 2.24) is 45.3 Å². The number of hydrogen-bond donors (Lipinski definition) is 9. The molecule has 0 unspecified atom stereocenters. The van der Waals surface area contributed by atoms with Gasteiger partial charge in [-0.2, -0.15) is 69.9 Å². The number of H-pyrrole nitrogens is 4. The van der Waals surface area contributed by atoms with Gasteiger partial charge in [0.25, 0.3) is 11.4 Å². The van der Waals surface area contributed by atoms with E-state index in [2.05, 4.69) is 50.7 Å². The lowest BCUT2D eigenvalue weighted by molar-refractivity contribution is -0.0503. The monoisotopic (exact) mass is 1620 g/mol. The van der Waals surface area contributed by atoms with E-state index in [0.29, 0.717) is 106 Å². The second-order valence-electron chi connectivity index (χ2n) is 21.7. The van der Waals surface area contributed by atoms with Gasteiger partial charge in [-0.25, -0.2) is 23.2 Å². The molecule has 0 atom stereocenters. The summed E-state index contributed by atoms with van der Waals surface area (Å²) in [7, 11) is -21.2. The summed E-state index contributed by atoms with van der Waals surface area (Å²) < 4.78 is 208. The molecule has 12 rings (SSSR count).